The summed E-state index contributed by atoms with van der Waals surface area (Å²) < 4.78 is 5.24. The molecule has 0 bridgehead atoms. The van der Waals surface area contributed by atoms with Crippen LogP contribution in [0, 0.1) is 18.3 Å². The van der Waals surface area contributed by atoms with Gasteiger partial charge in [-0.25, -0.2) is 0 Å². The minimum absolute atomic E-state index is 0.0489. The third-order valence-electron chi connectivity index (χ3n) is 4.31. The van der Waals surface area contributed by atoms with Gasteiger partial charge in [0.05, 0.1) is 0 Å². The first-order valence-electron chi connectivity index (χ1n) is 7.91. The van der Waals surface area contributed by atoms with Crippen LogP contribution in [0.4, 0.5) is 0 Å². The standard InChI is InChI=1S/C20H13N3O3/c1-11-15(10-21)19(25)17-18(23-26-20(17)22-11)13-8-6-12(7-9-13)14-4-2-3-5-16(14)24/h2-9,24H,1H3,(H,22,25). The molecule has 0 aliphatic heterocycles. The summed E-state index contributed by atoms with van der Waals surface area (Å²) >= 11 is 0. The molecule has 2 aromatic heterocycles. The Bertz CT molecular complexity index is 1230. The average Bonchev–Trinajstić information content (AvgIpc) is 3.06. The van der Waals surface area contributed by atoms with E-state index in [0.29, 0.717) is 22.5 Å². The molecule has 0 aliphatic rings. The van der Waals surface area contributed by atoms with Crippen LogP contribution in [-0.4, -0.2) is 15.2 Å². The van der Waals surface area contributed by atoms with Crippen molar-refractivity contribution in [2.45, 2.75) is 6.92 Å². The lowest BCUT2D eigenvalue weighted by Gasteiger charge is -2.05. The first-order valence-corrected chi connectivity index (χ1v) is 7.91. The summed E-state index contributed by atoms with van der Waals surface area (Å²) in [7, 11) is 0. The van der Waals surface area contributed by atoms with Crippen molar-refractivity contribution in [3.63, 3.8) is 0 Å². The number of aromatic amines is 1. The molecule has 4 rings (SSSR count). The number of rotatable bonds is 2. The third-order valence-corrected chi connectivity index (χ3v) is 4.31. The molecule has 0 atom stereocenters. The molecule has 126 valence electrons. The monoisotopic (exact) mass is 343 g/mol. The second kappa shape index (κ2) is 5.90. The van der Waals surface area contributed by atoms with E-state index in [4.69, 9.17) is 4.52 Å². The number of pyridine rings is 1. The van der Waals surface area contributed by atoms with Gasteiger partial charge >= 0.3 is 0 Å². The van der Waals surface area contributed by atoms with Gasteiger partial charge in [-0.2, -0.15) is 5.26 Å². The minimum atomic E-state index is -0.403. The lowest BCUT2D eigenvalue weighted by atomic mass is 10.0. The Hall–Kier alpha value is -3.85. The quantitative estimate of drug-likeness (QED) is 0.577. The first-order chi connectivity index (χ1) is 12.6. The number of aromatic hydroxyl groups is 1. The summed E-state index contributed by atoms with van der Waals surface area (Å²) in [5, 5.41) is 23.4. The van der Waals surface area contributed by atoms with Crippen molar-refractivity contribution < 1.29 is 9.63 Å². The third kappa shape index (κ3) is 2.34. The largest absolute Gasteiger partial charge is 0.507 e. The van der Waals surface area contributed by atoms with Gasteiger partial charge in [-0.1, -0.05) is 47.6 Å². The van der Waals surface area contributed by atoms with Crippen LogP contribution in [0.2, 0.25) is 0 Å². The number of H-pyrrole nitrogens is 1. The smallest absolute Gasteiger partial charge is 0.240 e. The van der Waals surface area contributed by atoms with E-state index in [9.17, 15) is 15.2 Å². The number of nitriles is 1. The van der Waals surface area contributed by atoms with Crippen molar-refractivity contribution >= 4 is 11.1 Å². The van der Waals surface area contributed by atoms with Crippen molar-refractivity contribution in [1.82, 2.24) is 10.1 Å². The topological polar surface area (TPSA) is 103 Å². The highest BCUT2D eigenvalue weighted by Crippen LogP contribution is 2.31. The zero-order chi connectivity index (χ0) is 18.3. The number of phenols is 1. The van der Waals surface area contributed by atoms with Gasteiger partial charge < -0.3 is 14.6 Å². The van der Waals surface area contributed by atoms with Crippen LogP contribution in [0.1, 0.15) is 11.3 Å². The Morgan fingerprint density at radius 3 is 2.50 bits per heavy atom. The Balaban J connectivity index is 1.86. The summed E-state index contributed by atoms with van der Waals surface area (Å²) in [5.41, 5.74) is 2.94. The molecular formula is C20H13N3O3. The summed E-state index contributed by atoms with van der Waals surface area (Å²) in [6.07, 6.45) is 0. The van der Waals surface area contributed by atoms with Crippen LogP contribution < -0.4 is 5.43 Å². The second-order valence-corrected chi connectivity index (χ2v) is 5.90. The number of aryl methyl sites for hydroxylation is 1. The van der Waals surface area contributed by atoms with Gasteiger partial charge in [0, 0.05) is 16.8 Å². The number of para-hydroxylation sites is 1. The Morgan fingerprint density at radius 1 is 1.12 bits per heavy atom. The molecular weight excluding hydrogens is 330 g/mol. The molecule has 0 radical (unpaired) electrons. The van der Waals surface area contributed by atoms with Gasteiger partial charge in [-0.05, 0) is 18.6 Å². The Kier molecular flexibility index (Phi) is 3.55. The number of nitrogens with zero attached hydrogens (tertiary/aromatic N) is 2. The molecule has 2 N–H and O–H groups in total. The van der Waals surface area contributed by atoms with E-state index < -0.39 is 5.43 Å². The van der Waals surface area contributed by atoms with Crippen molar-refractivity contribution in [3.05, 3.63) is 70.0 Å². The molecule has 0 amide bonds. The maximum atomic E-state index is 12.6. The number of hydrogen-bond donors (Lipinski definition) is 2. The zero-order valence-corrected chi connectivity index (χ0v) is 13.8. The summed E-state index contributed by atoms with van der Waals surface area (Å²) in [6.45, 7) is 1.64. The fraction of sp³-hybridized carbons (Fsp3) is 0.0500. The molecule has 6 heteroatoms. The Morgan fingerprint density at radius 2 is 1.81 bits per heavy atom. The molecule has 0 saturated carbocycles. The number of benzene rings is 2. The van der Waals surface area contributed by atoms with E-state index in [-0.39, 0.29) is 22.4 Å². The van der Waals surface area contributed by atoms with E-state index in [1.807, 2.05) is 30.3 Å². The highest BCUT2D eigenvalue weighted by molar-refractivity contribution is 5.90. The molecule has 6 nitrogen and oxygen atoms in total. The van der Waals surface area contributed by atoms with Gasteiger partial charge in [0.2, 0.25) is 11.1 Å². The SMILES string of the molecule is Cc1[nH]c2onc(-c3ccc(-c4ccccc4O)cc3)c2c(=O)c1C#N. The molecule has 0 spiro atoms. The molecule has 2 aromatic carbocycles. The minimum Gasteiger partial charge on any atom is -0.507 e. The van der Waals surface area contributed by atoms with Crippen molar-refractivity contribution in [2.75, 3.05) is 0 Å². The van der Waals surface area contributed by atoms with E-state index in [1.54, 1.807) is 31.2 Å². The maximum absolute atomic E-state index is 12.6. The van der Waals surface area contributed by atoms with E-state index in [0.717, 1.165) is 5.56 Å². The van der Waals surface area contributed by atoms with Crippen LogP contribution in [0.25, 0.3) is 33.5 Å². The normalized spacial score (nSPS) is 10.8. The van der Waals surface area contributed by atoms with Crippen LogP contribution >= 0.6 is 0 Å². The van der Waals surface area contributed by atoms with Crippen molar-refractivity contribution in [3.8, 4) is 34.2 Å². The number of hydrogen-bond acceptors (Lipinski definition) is 5. The molecule has 0 saturated heterocycles. The predicted molar refractivity (Wildman–Crippen MR) is 96.6 cm³/mol. The van der Waals surface area contributed by atoms with Gasteiger partial charge in [0.1, 0.15) is 28.5 Å². The number of aromatic nitrogens is 2. The van der Waals surface area contributed by atoms with Gasteiger partial charge in [-0.15, -0.1) is 0 Å². The van der Waals surface area contributed by atoms with Gasteiger partial charge in [0.15, 0.2) is 0 Å². The lowest BCUT2D eigenvalue weighted by molar-refractivity contribution is 0.451. The zero-order valence-electron chi connectivity index (χ0n) is 13.8. The molecule has 0 unspecified atom stereocenters. The van der Waals surface area contributed by atoms with Crippen LogP contribution in [0.5, 0.6) is 5.75 Å². The predicted octanol–water partition coefficient (Wildman–Crippen LogP) is 3.74. The van der Waals surface area contributed by atoms with Crippen LogP contribution in [0.3, 0.4) is 0 Å². The fourth-order valence-electron chi connectivity index (χ4n) is 2.97. The second-order valence-electron chi connectivity index (χ2n) is 5.90. The van der Waals surface area contributed by atoms with E-state index in [2.05, 4.69) is 10.1 Å². The highest BCUT2D eigenvalue weighted by Gasteiger charge is 2.18. The first kappa shape index (κ1) is 15.7. The summed E-state index contributed by atoms with van der Waals surface area (Å²) in [5.74, 6) is 0.192. The van der Waals surface area contributed by atoms with Gasteiger partial charge in [-0.3, -0.25) is 4.79 Å². The van der Waals surface area contributed by atoms with E-state index >= 15 is 0 Å². The highest BCUT2D eigenvalue weighted by atomic mass is 16.5. The lowest BCUT2D eigenvalue weighted by Crippen LogP contribution is -2.10. The summed E-state index contributed by atoms with van der Waals surface area (Å²) in [6, 6.07) is 16.2. The van der Waals surface area contributed by atoms with Crippen molar-refractivity contribution in [1.29, 1.82) is 5.26 Å². The van der Waals surface area contributed by atoms with Gasteiger partial charge in [0.25, 0.3) is 0 Å². The van der Waals surface area contributed by atoms with E-state index in [1.165, 1.54) is 0 Å². The molecule has 0 fully saturated rings. The number of phenolic OH excluding ortho intramolecular Hbond substituents is 1. The van der Waals surface area contributed by atoms with Crippen molar-refractivity contribution in [2.24, 2.45) is 0 Å². The average molecular weight is 343 g/mol. The maximum Gasteiger partial charge on any atom is 0.240 e. The molecule has 26 heavy (non-hydrogen) atoms. The molecule has 0 aliphatic carbocycles. The molecule has 2 heterocycles. The summed E-state index contributed by atoms with van der Waals surface area (Å²) in [4.78, 5) is 15.5. The van der Waals surface area contributed by atoms with Crippen LogP contribution in [-0.2, 0) is 0 Å². The number of fused-ring (bicyclic) bond motifs is 1. The molecule has 4 aromatic rings. The Labute approximate surface area is 147 Å². The fourth-order valence-corrected chi connectivity index (χ4v) is 2.97. The van der Waals surface area contributed by atoms with Crippen LogP contribution in [0.15, 0.2) is 57.8 Å². The number of nitrogens with one attached hydrogen (secondary N) is 1.